The molecule has 0 bridgehead atoms. The van der Waals surface area contributed by atoms with Crippen molar-refractivity contribution in [2.45, 2.75) is 90.4 Å². The molecule has 1 aromatic carbocycles. The van der Waals surface area contributed by atoms with Gasteiger partial charge in [0.2, 0.25) is 5.91 Å². The Hall–Kier alpha value is -2.63. The van der Waals surface area contributed by atoms with Crippen LogP contribution < -0.4 is 5.32 Å². The van der Waals surface area contributed by atoms with Crippen molar-refractivity contribution >= 4 is 17.6 Å². The summed E-state index contributed by atoms with van der Waals surface area (Å²) in [4.78, 5) is 24.6. The van der Waals surface area contributed by atoms with E-state index < -0.39 is 11.9 Å². The minimum Gasteiger partial charge on any atom is -0.481 e. The summed E-state index contributed by atoms with van der Waals surface area (Å²) in [6.45, 7) is 8.48. The van der Waals surface area contributed by atoms with E-state index in [1.54, 1.807) is 0 Å². The van der Waals surface area contributed by atoms with Crippen LogP contribution in [0.15, 0.2) is 22.7 Å². The molecule has 1 unspecified atom stereocenters. The fourth-order valence-corrected chi connectivity index (χ4v) is 5.36. The second-order valence-corrected chi connectivity index (χ2v) is 10.6. The predicted molar refractivity (Wildman–Crippen MR) is 128 cm³/mol. The first-order chi connectivity index (χ1) is 15.7. The Bertz CT molecular complexity index is 1020. The van der Waals surface area contributed by atoms with Crippen molar-refractivity contribution in [1.29, 1.82) is 0 Å². The number of carbonyl (C=O) groups is 2. The number of aromatic nitrogens is 1. The number of anilines is 1. The van der Waals surface area contributed by atoms with Gasteiger partial charge in [-0.3, -0.25) is 9.59 Å². The van der Waals surface area contributed by atoms with Crippen molar-refractivity contribution in [2.75, 3.05) is 5.32 Å². The molecule has 1 amide bonds. The zero-order valence-corrected chi connectivity index (χ0v) is 20.2. The maximum atomic E-state index is 12.9. The molecular formula is C27H36N2O4. The van der Waals surface area contributed by atoms with Crippen LogP contribution >= 0.6 is 0 Å². The third kappa shape index (κ3) is 5.66. The van der Waals surface area contributed by atoms with Crippen LogP contribution in [0, 0.1) is 25.7 Å². The molecule has 0 aliphatic heterocycles. The fourth-order valence-electron chi connectivity index (χ4n) is 5.36. The highest BCUT2D eigenvalue weighted by Gasteiger charge is 2.42. The molecule has 0 radical (unpaired) electrons. The van der Waals surface area contributed by atoms with Gasteiger partial charge in [0, 0.05) is 29.5 Å². The number of hydrogen-bond acceptors (Lipinski definition) is 4. The van der Waals surface area contributed by atoms with Crippen molar-refractivity contribution < 1.29 is 19.2 Å². The minimum absolute atomic E-state index is 0.0753. The Labute approximate surface area is 196 Å². The van der Waals surface area contributed by atoms with E-state index in [2.05, 4.69) is 24.3 Å². The third-order valence-electron chi connectivity index (χ3n) is 7.08. The maximum Gasteiger partial charge on any atom is 0.304 e. The number of benzene rings is 1. The molecule has 2 aliphatic rings. The van der Waals surface area contributed by atoms with Gasteiger partial charge in [-0.1, -0.05) is 36.7 Å². The molecule has 4 rings (SSSR count). The zero-order valence-electron chi connectivity index (χ0n) is 20.2. The zero-order chi connectivity index (χ0) is 23.7. The van der Waals surface area contributed by atoms with Crippen LogP contribution in [0.4, 0.5) is 5.69 Å². The first kappa shape index (κ1) is 23.5. The van der Waals surface area contributed by atoms with Gasteiger partial charge in [0.1, 0.15) is 5.76 Å². The van der Waals surface area contributed by atoms with E-state index in [9.17, 15) is 14.7 Å². The summed E-state index contributed by atoms with van der Waals surface area (Å²) in [5.74, 6) is 1.54. The average molecular weight is 453 g/mol. The topological polar surface area (TPSA) is 92.4 Å². The fraction of sp³-hybridized carbons (Fsp3) is 0.593. The number of carbonyl (C=O) groups excluding carboxylic acids is 1. The van der Waals surface area contributed by atoms with E-state index in [-0.39, 0.29) is 18.7 Å². The number of aliphatic carboxylic acids is 1. The Morgan fingerprint density at radius 3 is 2.48 bits per heavy atom. The van der Waals surface area contributed by atoms with E-state index in [1.165, 1.54) is 6.42 Å². The summed E-state index contributed by atoms with van der Waals surface area (Å²) in [6.07, 6.45) is 5.57. The lowest BCUT2D eigenvalue weighted by molar-refractivity contribution is -0.137. The summed E-state index contributed by atoms with van der Waals surface area (Å²) in [5.41, 5.74) is 4.67. The number of carboxylic acid groups (broad SMARTS) is 1. The molecule has 1 atom stereocenters. The van der Waals surface area contributed by atoms with Crippen molar-refractivity contribution in [1.82, 2.24) is 5.16 Å². The lowest BCUT2D eigenvalue weighted by Crippen LogP contribution is -2.24. The van der Waals surface area contributed by atoms with Crippen molar-refractivity contribution in [3.05, 3.63) is 46.3 Å². The van der Waals surface area contributed by atoms with Gasteiger partial charge in [0.25, 0.3) is 0 Å². The SMILES string of the molecule is Cc1ccc(NC(=O)CC(CC(=O)O)c2noc(C3CC(CC(C)C)C3)c2C2CC2)c(C)c1. The Balaban J connectivity index is 1.52. The van der Waals surface area contributed by atoms with E-state index in [0.29, 0.717) is 23.4 Å². The standard InChI is InChI=1S/C27H36N2O4/c1-15(2)9-18-11-21(12-18)27-25(19-6-7-19)26(29-33-27)20(14-24(31)32)13-23(30)28-22-8-5-16(3)10-17(22)4/h5,8,10,15,18-21H,6-7,9,11-14H2,1-4H3,(H,28,30)(H,31,32). The third-order valence-corrected chi connectivity index (χ3v) is 7.08. The molecule has 178 valence electrons. The van der Waals surface area contributed by atoms with Gasteiger partial charge in [0.15, 0.2) is 0 Å². The summed E-state index contributed by atoms with van der Waals surface area (Å²) in [7, 11) is 0. The van der Waals surface area contributed by atoms with Crippen LogP contribution in [0.25, 0.3) is 0 Å². The number of nitrogens with zero attached hydrogens (tertiary/aromatic N) is 1. The van der Waals surface area contributed by atoms with E-state index in [4.69, 9.17) is 4.52 Å². The number of carboxylic acids is 1. The van der Waals surface area contributed by atoms with Gasteiger partial charge in [-0.05, 0) is 75.3 Å². The highest BCUT2D eigenvalue weighted by atomic mass is 16.5. The number of nitrogens with one attached hydrogen (secondary N) is 1. The molecule has 2 fully saturated rings. The quantitative estimate of drug-likeness (QED) is 0.441. The van der Waals surface area contributed by atoms with Crippen LogP contribution in [-0.2, 0) is 9.59 Å². The summed E-state index contributed by atoms with van der Waals surface area (Å²) >= 11 is 0. The summed E-state index contributed by atoms with van der Waals surface area (Å²) < 4.78 is 5.87. The van der Waals surface area contributed by atoms with E-state index >= 15 is 0 Å². The summed E-state index contributed by atoms with van der Waals surface area (Å²) in [5, 5.41) is 16.9. The van der Waals surface area contributed by atoms with Crippen LogP contribution in [0.1, 0.15) is 105 Å². The normalized spacial score (nSPS) is 21.0. The molecule has 2 aromatic rings. The van der Waals surface area contributed by atoms with Crippen LogP contribution in [0.2, 0.25) is 0 Å². The van der Waals surface area contributed by atoms with Gasteiger partial charge in [0.05, 0.1) is 12.1 Å². The minimum atomic E-state index is -0.925. The number of rotatable bonds is 10. The van der Waals surface area contributed by atoms with Crippen LogP contribution in [0.3, 0.4) is 0 Å². The number of amides is 1. The van der Waals surface area contributed by atoms with Gasteiger partial charge in [-0.15, -0.1) is 0 Å². The molecule has 2 N–H and O–H groups in total. The lowest BCUT2D eigenvalue weighted by Gasteiger charge is -2.35. The van der Waals surface area contributed by atoms with Crippen molar-refractivity contribution in [2.24, 2.45) is 11.8 Å². The van der Waals surface area contributed by atoms with E-state index in [0.717, 1.165) is 59.7 Å². The second-order valence-electron chi connectivity index (χ2n) is 10.6. The monoisotopic (exact) mass is 452 g/mol. The Morgan fingerprint density at radius 2 is 1.88 bits per heavy atom. The van der Waals surface area contributed by atoms with Crippen LogP contribution in [0.5, 0.6) is 0 Å². The van der Waals surface area contributed by atoms with Gasteiger partial charge in [-0.2, -0.15) is 0 Å². The maximum absolute atomic E-state index is 12.9. The number of aryl methyl sites for hydroxylation is 2. The molecule has 2 saturated carbocycles. The van der Waals surface area contributed by atoms with Gasteiger partial charge < -0.3 is 14.9 Å². The van der Waals surface area contributed by atoms with Crippen LogP contribution in [-0.4, -0.2) is 22.1 Å². The molecule has 1 heterocycles. The highest BCUT2D eigenvalue weighted by molar-refractivity contribution is 5.92. The molecule has 33 heavy (non-hydrogen) atoms. The summed E-state index contributed by atoms with van der Waals surface area (Å²) in [6, 6.07) is 5.87. The molecule has 6 nitrogen and oxygen atoms in total. The second kappa shape index (κ2) is 9.70. The molecular weight excluding hydrogens is 416 g/mol. The number of hydrogen-bond donors (Lipinski definition) is 2. The van der Waals surface area contributed by atoms with Crippen molar-refractivity contribution in [3.63, 3.8) is 0 Å². The first-order valence-electron chi connectivity index (χ1n) is 12.3. The predicted octanol–water partition coefficient (Wildman–Crippen LogP) is 6.30. The average Bonchev–Trinajstić information content (AvgIpc) is 3.44. The van der Waals surface area contributed by atoms with Crippen molar-refractivity contribution in [3.8, 4) is 0 Å². The smallest absolute Gasteiger partial charge is 0.304 e. The molecule has 2 aliphatic carbocycles. The Kier molecular flexibility index (Phi) is 6.91. The first-order valence-corrected chi connectivity index (χ1v) is 12.3. The molecule has 6 heteroatoms. The molecule has 1 aromatic heterocycles. The highest BCUT2D eigenvalue weighted by Crippen LogP contribution is 2.52. The molecule has 0 saturated heterocycles. The van der Waals surface area contributed by atoms with Gasteiger partial charge >= 0.3 is 5.97 Å². The largest absolute Gasteiger partial charge is 0.481 e. The molecule has 0 spiro atoms. The van der Waals surface area contributed by atoms with Gasteiger partial charge in [-0.25, -0.2) is 0 Å². The Morgan fingerprint density at radius 1 is 1.15 bits per heavy atom. The van der Waals surface area contributed by atoms with E-state index in [1.807, 2.05) is 32.0 Å². The lowest BCUT2D eigenvalue weighted by atomic mass is 9.69.